The number of rotatable bonds is 6. The molecule has 1 N–H and O–H groups in total. The van der Waals surface area contributed by atoms with E-state index in [1.54, 1.807) is 0 Å². The minimum absolute atomic E-state index is 0.575. The van der Waals surface area contributed by atoms with E-state index >= 15 is 0 Å². The van der Waals surface area contributed by atoms with E-state index in [2.05, 4.69) is 58.8 Å². The van der Waals surface area contributed by atoms with Gasteiger partial charge >= 0.3 is 0 Å². The van der Waals surface area contributed by atoms with Crippen molar-refractivity contribution in [2.45, 2.75) is 46.7 Å². The Morgan fingerprint density at radius 1 is 1.22 bits per heavy atom. The lowest BCUT2D eigenvalue weighted by molar-refractivity contribution is 0.182. The highest BCUT2D eigenvalue weighted by atomic mass is 79.9. The van der Waals surface area contributed by atoms with Gasteiger partial charge in [-0.05, 0) is 62.7 Å². The van der Waals surface area contributed by atoms with E-state index in [1.165, 1.54) is 0 Å². The van der Waals surface area contributed by atoms with Crippen LogP contribution in [0, 0.1) is 6.92 Å². The van der Waals surface area contributed by atoms with E-state index in [4.69, 9.17) is 0 Å². The summed E-state index contributed by atoms with van der Waals surface area (Å²) in [5, 5.41) is 3.38. The Kier molecular flexibility index (Phi) is 6.09. The summed E-state index contributed by atoms with van der Waals surface area (Å²) >= 11 is 3.46. The lowest BCUT2D eigenvalue weighted by Gasteiger charge is -2.30. The average molecular weight is 314 g/mol. The van der Waals surface area contributed by atoms with Crippen LogP contribution in [0.2, 0.25) is 0 Å². The van der Waals surface area contributed by atoms with Gasteiger partial charge in [0.1, 0.15) is 5.82 Å². The second-order valence-corrected chi connectivity index (χ2v) is 5.97. The molecule has 4 heteroatoms. The second-order valence-electron chi connectivity index (χ2n) is 5.12. The van der Waals surface area contributed by atoms with E-state index in [-0.39, 0.29) is 0 Å². The Bertz CT molecular complexity index is 369. The molecule has 1 heterocycles. The van der Waals surface area contributed by atoms with Crippen LogP contribution in [0.15, 0.2) is 16.6 Å². The lowest BCUT2D eigenvalue weighted by atomic mass is 10.2. The van der Waals surface area contributed by atoms with Crippen LogP contribution in [0.4, 0.5) is 5.82 Å². The predicted octanol–water partition coefficient (Wildman–Crippen LogP) is 3.68. The van der Waals surface area contributed by atoms with Gasteiger partial charge in [-0.1, -0.05) is 0 Å². The minimum atomic E-state index is 0.575. The molecule has 1 aromatic heterocycles. The van der Waals surface area contributed by atoms with Crippen LogP contribution in [-0.2, 0) is 0 Å². The Morgan fingerprint density at radius 2 is 1.83 bits per heavy atom. The molecule has 0 aliphatic rings. The Labute approximate surface area is 119 Å². The number of aromatic nitrogens is 1. The van der Waals surface area contributed by atoms with E-state index < -0.39 is 0 Å². The van der Waals surface area contributed by atoms with Crippen molar-refractivity contribution in [1.29, 1.82) is 0 Å². The lowest BCUT2D eigenvalue weighted by Crippen LogP contribution is -2.40. The number of nitrogens with one attached hydrogen (secondary N) is 1. The maximum absolute atomic E-state index is 4.48. The zero-order chi connectivity index (χ0) is 13.7. The topological polar surface area (TPSA) is 28.2 Å². The summed E-state index contributed by atoms with van der Waals surface area (Å²) in [7, 11) is 0. The molecule has 1 rings (SSSR count). The SMILES string of the molecule is Cc1nc(NCCN(C(C)C)C(C)C)ccc1Br. The van der Waals surface area contributed by atoms with Crippen molar-refractivity contribution >= 4 is 21.7 Å². The minimum Gasteiger partial charge on any atom is -0.369 e. The zero-order valence-electron chi connectivity index (χ0n) is 12.0. The fourth-order valence-corrected chi connectivity index (χ4v) is 2.29. The summed E-state index contributed by atoms with van der Waals surface area (Å²) in [6, 6.07) is 5.19. The van der Waals surface area contributed by atoms with Gasteiger partial charge in [0.25, 0.3) is 0 Å². The largest absolute Gasteiger partial charge is 0.369 e. The Balaban J connectivity index is 2.47. The van der Waals surface area contributed by atoms with Gasteiger partial charge in [0.15, 0.2) is 0 Å². The van der Waals surface area contributed by atoms with Crippen LogP contribution in [0.1, 0.15) is 33.4 Å². The highest BCUT2D eigenvalue weighted by Gasteiger charge is 2.12. The van der Waals surface area contributed by atoms with Gasteiger partial charge in [0.05, 0.1) is 5.69 Å². The van der Waals surface area contributed by atoms with Gasteiger partial charge < -0.3 is 5.32 Å². The number of hydrogen-bond donors (Lipinski definition) is 1. The molecule has 0 aromatic carbocycles. The molecule has 102 valence electrons. The van der Waals surface area contributed by atoms with E-state index in [9.17, 15) is 0 Å². The molecule has 0 spiro atoms. The molecular formula is C14H24BrN3. The summed E-state index contributed by atoms with van der Waals surface area (Å²) in [6.07, 6.45) is 0. The van der Waals surface area contributed by atoms with Gasteiger partial charge in [-0.15, -0.1) is 0 Å². The van der Waals surface area contributed by atoms with Crippen molar-refractivity contribution in [3.8, 4) is 0 Å². The molecule has 0 amide bonds. The number of nitrogens with zero attached hydrogens (tertiary/aromatic N) is 2. The number of anilines is 1. The molecular weight excluding hydrogens is 290 g/mol. The summed E-state index contributed by atoms with van der Waals surface area (Å²) in [5.74, 6) is 0.947. The van der Waals surface area contributed by atoms with E-state index in [0.29, 0.717) is 12.1 Å². The van der Waals surface area contributed by atoms with E-state index in [1.807, 2.05) is 19.1 Å². The van der Waals surface area contributed by atoms with Crippen LogP contribution in [0.25, 0.3) is 0 Å². The first kappa shape index (κ1) is 15.4. The zero-order valence-corrected chi connectivity index (χ0v) is 13.6. The Hall–Kier alpha value is -0.610. The van der Waals surface area contributed by atoms with Crippen LogP contribution in [0.5, 0.6) is 0 Å². The molecule has 0 atom stereocenters. The maximum atomic E-state index is 4.48. The average Bonchev–Trinajstić information content (AvgIpc) is 2.28. The van der Waals surface area contributed by atoms with Crippen molar-refractivity contribution < 1.29 is 0 Å². The number of aryl methyl sites for hydroxylation is 1. The quantitative estimate of drug-likeness (QED) is 0.868. The molecule has 0 aliphatic heterocycles. The number of halogens is 1. The molecule has 0 saturated carbocycles. The summed E-state index contributed by atoms with van der Waals surface area (Å²) < 4.78 is 1.05. The highest BCUT2D eigenvalue weighted by molar-refractivity contribution is 9.10. The smallest absolute Gasteiger partial charge is 0.126 e. The van der Waals surface area contributed by atoms with Crippen molar-refractivity contribution in [2.75, 3.05) is 18.4 Å². The standard InChI is InChI=1S/C14H24BrN3/c1-10(2)18(11(3)4)9-8-16-14-7-6-13(15)12(5)17-14/h6-7,10-11H,8-9H2,1-5H3,(H,16,17). The summed E-state index contributed by atoms with van der Waals surface area (Å²) in [5.41, 5.74) is 1.02. The molecule has 0 radical (unpaired) electrons. The van der Waals surface area contributed by atoms with Crippen LogP contribution in [0.3, 0.4) is 0 Å². The van der Waals surface area contributed by atoms with Crippen molar-refractivity contribution in [1.82, 2.24) is 9.88 Å². The van der Waals surface area contributed by atoms with E-state index in [0.717, 1.165) is 29.1 Å². The first-order valence-corrected chi connectivity index (χ1v) is 7.34. The van der Waals surface area contributed by atoms with Crippen molar-refractivity contribution in [3.05, 3.63) is 22.3 Å². The third-order valence-corrected chi connectivity index (χ3v) is 3.86. The van der Waals surface area contributed by atoms with Crippen molar-refractivity contribution in [2.24, 2.45) is 0 Å². The first-order valence-electron chi connectivity index (χ1n) is 6.54. The number of pyridine rings is 1. The molecule has 0 unspecified atom stereocenters. The fraction of sp³-hybridized carbons (Fsp3) is 0.643. The van der Waals surface area contributed by atoms with Gasteiger partial charge in [-0.3, -0.25) is 4.90 Å². The molecule has 0 saturated heterocycles. The summed E-state index contributed by atoms with van der Waals surface area (Å²) in [6.45, 7) is 12.9. The van der Waals surface area contributed by atoms with Gasteiger partial charge in [-0.2, -0.15) is 0 Å². The van der Waals surface area contributed by atoms with Gasteiger partial charge in [0.2, 0.25) is 0 Å². The highest BCUT2D eigenvalue weighted by Crippen LogP contribution is 2.16. The Morgan fingerprint density at radius 3 is 2.33 bits per heavy atom. The third kappa shape index (κ3) is 4.58. The molecule has 3 nitrogen and oxygen atoms in total. The predicted molar refractivity (Wildman–Crippen MR) is 82.1 cm³/mol. The molecule has 1 aromatic rings. The normalized spacial score (nSPS) is 11.6. The molecule has 18 heavy (non-hydrogen) atoms. The monoisotopic (exact) mass is 313 g/mol. The van der Waals surface area contributed by atoms with Gasteiger partial charge in [-0.25, -0.2) is 4.98 Å². The van der Waals surface area contributed by atoms with Crippen LogP contribution in [-0.4, -0.2) is 35.1 Å². The van der Waals surface area contributed by atoms with Gasteiger partial charge in [0, 0.05) is 29.6 Å². The molecule has 0 bridgehead atoms. The molecule has 0 aliphatic carbocycles. The maximum Gasteiger partial charge on any atom is 0.126 e. The molecule has 0 fully saturated rings. The second kappa shape index (κ2) is 7.10. The van der Waals surface area contributed by atoms with Crippen LogP contribution >= 0.6 is 15.9 Å². The fourth-order valence-electron chi connectivity index (χ4n) is 2.07. The third-order valence-electron chi connectivity index (χ3n) is 3.02. The first-order chi connectivity index (χ1) is 8.41. The van der Waals surface area contributed by atoms with Crippen molar-refractivity contribution in [3.63, 3.8) is 0 Å². The number of hydrogen-bond acceptors (Lipinski definition) is 3. The summed E-state index contributed by atoms with van der Waals surface area (Å²) in [4.78, 5) is 6.95. The van der Waals surface area contributed by atoms with Crippen LogP contribution < -0.4 is 5.32 Å².